The highest BCUT2D eigenvalue weighted by Gasteiger charge is 2.26. The zero-order chi connectivity index (χ0) is 10.4. The summed E-state index contributed by atoms with van der Waals surface area (Å²) >= 11 is 1.46. The zero-order valence-corrected chi connectivity index (χ0v) is 9.13. The molecule has 0 aromatic carbocycles. The largest absolute Gasteiger partial charge is 0.395 e. The second kappa shape index (κ2) is 5.89. The number of nitriles is 1. The third-order valence-electron chi connectivity index (χ3n) is 2.43. The van der Waals surface area contributed by atoms with Crippen LogP contribution in [0.1, 0.15) is 19.3 Å². The van der Waals surface area contributed by atoms with Gasteiger partial charge in [0.15, 0.2) is 5.17 Å². The molecule has 0 saturated heterocycles. The first-order valence-corrected chi connectivity index (χ1v) is 5.94. The van der Waals surface area contributed by atoms with E-state index in [1.165, 1.54) is 18.2 Å². The Labute approximate surface area is 88.6 Å². The number of nitrogens with zero attached hydrogens (tertiary/aromatic N) is 3. The molecule has 14 heavy (non-hydrogen) atoms. The molecule has 1 saturated carbocycles. The predicted octanol–water partition coefficient (Wildman–Crippen LogP) is 1.03. The van der Waals surface area contributed by atoms with Crippen LogP contribution in [0.3, 0.4) is 0 Å². The molecule has 0 aromatic rings. The number of aliphatic imine (C=N–C) groups is 1. The van der Waals surface area contributed by atoms with Crippen LogP contribution < -0.4 is 0 Å². The van der Waals surface area contributed by atoms with Crippen molar-refractivity contribution in [2.24, 2.45) is 4.99 Å². The van der Waals surface area contributed by atoms with Gasteiger partial charge < -0.3 is 10.0 Å². The van der Waals surface area contributed by atoms with Gasteiger partial charge in [0.2, 0.25) is 6.19 Å². The maximum Gasteiger partial charge on any atom is 0.208 e. The van der Waals surface area contributed by atoms with E-state index >= 15 is 0 Å². The van der Waals surface area contributed by atoms with E-state index < -0.39 is 0 Å². The molecule has 1 rings (SSSR count). The molecule has 0 heterocycles. The maximum atomic E-state index is 8.93. The minimum Gasteiger partial charge on any atom is -0.395 e. The fourth-order valence-corrected chi connectivity index (χ4v) is 2.12. The quantitative estimate of drug-likeness (QED) is 0.432. The van der Waals surface area contributed by atoms with Gasteiger partial charge >= 0.3 is 0 Å². The van der Waals surface area contributed by atoms with Crippen molar-refractivity contribution in [2.75, 3.05) is 19.4 Å². The summed E-state index contributed by atoms with van der Waals surface area (Å²) in [5, 5.41) is 18.2. The molecular formula is C9H15N3OS. The fourth-order valence-electron chi connectivity index (χ4n) is 1.51. The predicted molar refractivity (Wildman–Crippen MR) is 58.0 cm³/mol. The van der Waals surface area contributed by atoms with Crippen LogP contribution in [0.25, 0.3) is 0 Å². The third-order valence-corrected chi connectivity index (χ3v) is 3.12. The van der Waals surface area contributed by atoms with E-state index in [0.717, 1.165) is 18.0 Å². The first kappa shape index (κ1) is 11.3. The highest BCUT2D eigenvalue weighted by atomic mass is 32.2. The molecule has 0 atom stereocenters. The van der Waals surface area contributed by atoms with E-state index in [-0.39, 0.29) is 6.61 Å². The molecule has 0 aliphatic heterocycles. The van der Waals surface area contributed by atoms with Gasteiger partial charge in [-0.25, -0.2) is 0 Å². The SMILES string of the molecule is CSC(=NC#N)N(CCO)C1CCC1. The van der Waals surface area contributed by atoms with Crippen LogP contribution in [0, 0.1) is 11.5 Å². The fraction of sp³-hybridized carbons (Fsp3) is 0.778. The lowest BCUT2D eigenvalue weighted by Gasteiger charge is -2.38. The summed E-state index contributed by atoms with van der Waals surface area (Å²) in [5.41, 5.74) is 0. The molecule has 0 spiro atoms. The molecule has 4 nitrogen and oxygen atoms in total. The lowest BCUT2D eigenvalue weighted by atomic mass is 9.92. The van der Waals surface area contributed by atoms with Gasteiger partial charge in [-0.15, -0.1) is 4.99 Å². The summed E-state index contributed by atoms with van der Waals surface area (Å²) in [7, 11) is 0. The second-order valence-electron chi connectivity index (χ2n) is 3.20. The molecule has 1 aliphatic carbocycles. The van der Waals surface area contributed by atoms with E-state index in [1.54, 1.807) is 6.19 Å². The van der Waals surface area contributed by atoms with Crippen molar-refractivity contribution in [3.8, 4) is 6.19 Å². The second-order valence-corrected chi connectivity index (χ2v) is 3.97. The van der Waals surface area contributed by atoms with E-state index in [4.69, 9.17) is 10.4 Å². The molecule has 0 bridgehead atoms. The van der Waals surface area contributed by atoms with E-state index in [0.29, 0.717) is 12.6 Å². The highest BCUT2D eigenvalue weighted by molar-refractivity contribution is 8.13. The number of rotatable bonds is 3. The number of amidine groups is 1. The van der Waals surface area contributed by atoms with Crippen molar-refractivity contribution in [2.45, 2.75) is 25.3 Å². The van der Waals surface area contributed by atoms with Crippen molar-refractivity contribution >= 4 is 16.9 Å². The number of aliphatic hydroxyl groups excluding tert-OH is 1. The van der Waals surface area contributed by atoms with Crippen molar-refractivity contribution in [1.82, 2.24) is 4.90 Å². The number of thioether (sulfide) groups is 1. The number of aliphatic hydroxyl groups is 1. The Bertz CT molecular complexity index is 245. The monoisotopic (exact) mass is 213 g/mol. The molecule has 5 heteroatoms. The Morgan fingerprint density at radius 2 is 2.43 bits per heavy atom. The summed E-state index contributed by atoms with van der Waals surface area (Å²) in [4.78, 5) is 5.80. The van der Waals surface area contributed by atoms with Crippen LogP contribution in [-0.4, -0.2) is 40.6 Å². The standard InChI is InChI=1S/C9H15N3OS/c1-14-9(11-7-10)12(5-6-13)8-3-2-4-8/h8,13H,2-6H2,1H3. The number of hydrogen-bond donors (Lipinski definition) is 1. The smallest absolute Gasteiger partial charge is 0.208 e. The normalized spacial score (nSPS) is 17.4. The van der Waals surface area contributed by atoms with Crippen molar-refractivity contribution < 1.29 is 5.11 Å². The van der Waals surface area contributed by atoms with Crippen LogP contribution in [0.4, 0.5) is 0 Å². The lowest BCUT2D eigenvalue weighted by Crippen LogP contribution is -2.44. The van der Waals surface area contributed by atoms with Crippen molar-refractivity contribution in [1.29, 1.82) is 5.26 Å². The topological polar surface area (TPSA) is 59.6 Å². The summed E-state index contributed by atoms with van der Waals surface area (Å²) in [6.45, 7) is 0.688. The molecule has 0 aromatic heterocycles. The van der Waals surface area contributed by atoms with Gasteiger partial charge in [0.1, 0.15) is 0 Å². The van der Waals surface area contributed by atoms with Gasteiger partial charge in [0, 0.05) is 12.6 Å². The van der Waals surface area contributed by atoms with Gasteiger partial charge in [-0.05, 0) is 25.5 Å². The summed E-state index contributed by atoms with van der Waals surface area (Å²) < 4.78 is 0. The van der Waals surface area contributed by atoms with Crippen LogP contribution >= 0.6 is 11.8 Å². The van der Waals surface area contributed by atoms with Crippen LogP contribution in [0.5, 0.6) is 0 Å². The molecule has 0 unspecified atom stereocenters. The first-order valence-electron chi connectivity index (χ1n) is 4.71. The van der Waals surface area contributed by atoms with Gasteiger partial charge in [-0.1, -0.05) is 11.8 Å². The lowest BCUT2D eigenvalue weighted by molar-refractivity contribution is 0.172. The molecule has 0 amide bonds. The summed E-state index contributed by atoms with van der Waals surface area (Å²) in [6, 6.07) is 0.474. The molecule has 1 fully saturated rings. The van der Waals surface area contributed by atoms with E-state index in [2.05, 4.69) is 4.99 Å². The molecule has 0 radical (unpaired) electrons. The van der Waals surface area contributed by atoms with Gasteiger partial charge in [-0.3, -0.25) is 0 Å². The minimum atomic E-state index is 0.113. The van der Waals surface area contributed by atoms with Crippen LogP contribution in [-0.2, 0) is 0 Å². The Kier molecular flexibility index (Phi) is 4.77. The Hall–Kier alpha value is -0.730. The van der Waals surface area contributed by atoms with Crippen LogP contribution in [0.15, 0.2) is 4.99 Å². The van der Waals surface area contributed by atoms with E-state index in [1.807, 2.05) is 11.2 Å². The molecule has 1 aliphatic rings. The number of hydrogen-bond acceptors (Lipinski definition) is 4. The van der Waals surface area contributed by atoms with Crippen molar-refractivity contribution in [3.63, 3.8) is 0 Å². The van der Waals surface area contributed by atoms with Gasteiger partial charge in [0.05, 0.1) is 6.61 Å². The average Bonchev–Trinajstić information content (AvgIpc) is 2.11. The summed E-state index contributed by atoms with van der Waals surface area (Å²) in [5.74, 6) is 0. The summed E-state index contributed by atoms with van der Waals surface area (Å²) in [6.07, 6.45) is 7.23. The minimum absolute atomic E-state index is 0.113. The van der Waals surface area contributed by atoms with E-state index in [9.17, 15) is 0 Å². The zero-order valence-electron chi connectivity index (χ0n) is 8.31. The van der Waals surface area contributed by atoms with Crippen LogP contribution in [0.2, 0.25) is 0 Å². The third kappa shape index (κ3) is 2.63. The molecule has 1 N–H and O–H groups in total. The Balaban J connectivity index is 2.64. The maximum absolute atomic E-state index is 8.93. The Morgan fingerprint density at radius 1 is 1.71 bits per heavy atom. The first-order chi connectivity index (χ1) is 6.83. The molecule has 78 valence electrons. The van der Waals surface area contributed by atoms with Crippen molar-refractivity contribution in [3.05, 3.63) is 0 Å². The van der Waals surface area contributed by atoms with Gasteiger partial charge in [0.25, 0.3) is 0 Å². The Morgan fingerprint density at radius 3 is 2.79 bits per heavy atom. The molecular weight excluding hydrogens is 198 g/mol. The van der Waals surface area contributed by atoms with Gasteiger partial charge in [-0.2, -0.15) is 5.26 Å². The highest BCUT2D eigenvalue weighted by Crippen LogP contribution is 2.26. The average molecular weight is 213 g/mol.